The van der Waals surface area contributed by atoms with Crippen LogP contribution in [0.4, 0.5) is 17.6 Å². The largest absolute Gasteiger partial charge is 0.378 e. The van der Waals surface area contributed by atoms with E-state index in [0.29, 0.717) is 12.8 Å². The normalized spacial score (nSPS) is 21.3. The number of halogens is 5. The van der Waals surface area contributed by atoms with E-state index in [4.69, 9.17) is 9.47 Å². The molecule has 0 aromatic heterocycles. The quantitative estimate of drug-likeness (QED) is 0.153. The van der Waals surface area contributed by atoms with Crippen LogP contribution in [0, 0.1) is 23.3 Å². The lowest BCUT2D eigenvalue weighted by Gasteiger charge is -2.42. The molecule has 4 aromatic rings. The van der Waals surface area contributed by atoms with Crippen molar-refractivity contribution in [3.63, 3.8) is 0 Å². The second kappa shape index (κ2) is 15.0. The van der Waals surface area contributed by atoms with Crippen molar-refractivity contribution in [2.75, 3.05) is 0 Å². The van der Waals surface area contributed by atoms with E-state index in [9.17, 15) is 27.8 Å². The van der Waals surface area contributed by atoms with Crippen molar-refractivity contribution in [3.8, 4) is 0 Å². The minimum atomic E-state index is -2.08. The molecule has 49 heavy (non-hydrogen) atoms. The summed E-state index contributed by atoms with van der Waals surface area (Å²) in [4.78, 5) is 0.848. The Morgan fingerprint density at radius 3 is 1.04 bits per heavy atom. The summed E-state index contributed by atoms with van der Waals surface area (Å²) in [6.45, 7) is 0. The fourth-order valence-electron chi connectivity index (χ4n) is 7.41. The van der Waals surface area contributed by atoms with Crippen molar-refractivity contribution in [2.24, 2.45) is 0 Å². The van der Waals surface area contributed by atoms with Crippen LogP contribution in [0.5, 0.6) is 0 Å². The molecule has 1 saturated heterocycles. The molecule has 7 rings (SSSR count). The van der Waals surface area contributed by atoms with Crippen molar-refractivity contribution in [2.45, 2.75) is 98.2 Å². The molecule has 4 nitrogen and oxygen atoms in total. The summed E-state index contributed by atoms with van der Waals surface area (Å²) in [5, 5.41) is 25.6. The van der Waals surface area contributed by atoms with Crippen LogP contribution in [0.25, 0.3) is 0 Å². The molecule has 260 valence electrons. The fraction of sp³-hybridized carbons (Fsp3) is 0.400. The van der Waals surface area contributed by atoms with Gasteiger partial charge in [-0.1, -0.05) is 90.1 Å². The maximum absolute atomic E-state index is 14.1. The van der Waals surface area contributed by atoms with Gasteiger partial charge in [-0.25, -0.2) is 17.6 Å². The number of hydrogen-bond acceptors (Lipinski definition) is 4. The Morgan fingerprint density at radius 1 is 0.490 bits per heavy atom. The highest BCUT2D eigenvalue weighted by molar-refractivity contribution is 9.09. The van der Waals surface area contributed by atoms with E-state index >= 15 is 0 Å². The second-order valence-corrected chi connectivity index (χ2v) is 14.6. The molecule has 0 bridgehead atoms. The summed E-state index contributed by atoms with van der Waals surface area (Å²) in [6.07, 6.45) is 7.92. The summed E-state index contributed by atoms with van der Waals surface area (Å²) in [5.74, 6) is -3.30. The minimum Gasteiger partial charge on any atom is -0.378 e. The Morgan fingerprint density at radius 2 is 0.776 bits per heavy atom. The van der Waals surface area contributed by atoms with E-state index in [0.717, 1.165) is 24.1 Å². The van der Waals surface area contributed by atoms with E-state index in [1.165, 1.54) is 129 Å². The predicted octanol–water partition coefficient (Wildman–Crippen LogP) is 9.57. The number of alkyl halides is 1. The van der Waals surface area contributed by atoms with Crippen LogP contribution < -0.4 is 0 Å². The Balaban J connectivity index is 0.000000531. The van der Waals surface area contributed by atoms with Crippen LogP contribution in [0.3, 0.4) is 0 Å². The molecule has 2 N–H and O–H groups in total. The minimum absolute atomic E-state index is 0.225. The molecule has 2 atom stereocenters. The van der Waals surface area contributed by atoms with Crippen molar-refractivity contribution in [1.29, 1.82) is 0 Å². The molecule has 0 amide bonds. The summed E-state index contributed by atoms with van der Waals surface area (Å²) in [7, 11) is 0. The molecule has 2 saturated carbocycles. The third-order valence-corrected chi connectivity index (χ3v) is 11.0. The number of ether oxygens (including phenoxy) is 2. The Labute approximate surface area is 293 Å². The van der Waals surface area contributed by atoms with Gasteiger partial charge in [0.15, 0.2) is 5.79 Å². The van der Waals surface area contributed by atoms with Gasteiger partial charge < -0.3 is 19.7 Å². The van der Waals surface area contributed by atoms with Crippen LogP contribution in [-0.2, 0) is 20.7 Å². The maximum atomic E-state index is 14.1. The third kappa shape index (κ3) is 7.52. The first-order chi connectivity index (χ1) is 23.5. The van der Waals surface area contributed by atoms with Gasteiger partial charge in [-0.05, 0) is 96.5 Å². The Bertz CT molecular complexity index is 1450. The van der Waals surface area contributed by atoms with Crippen molar-refractivity contribution < 1.29 is 37.2 Å². The molecule has 4 aromatic carbocycles. The lowest BCUT2D eigenvalue weighted by atomic mass is 9.72. The van der Waals surface area contributed by atoms with Crippen molar-refractivity contribution >= 4 is 15.9 Å². The first-order valence-electron chi connectivity index (χ1n) is 17.0. The SMILES string of the molecule is BrC1CCCCC1.OC(c1ccc(F)cc1)(c1ccc(F)cc1)[C@H]1OC2(CCCCC2)O[C@@H]1C(O)(c1ccc(F)cc1)c1ccc(F)cc1. The Hall–Kier alpha value is -3.08. The molecule has 1 heterocycles. The molecule has 2 aliphatic carbocycles. The molecule has 3 aliphatic rings. The molecular weight excluding hydrogens is 700 g/mol. The molecule has 1 aliphatic heterocycles. The van der Waals surface area contributed by atoms with Gasteiger partial charge in [0, 0.05) is 17.7 Å². The molecule has 3 fully saturated rings. The van der Waals surface area contributed by atoms with E-state index in [-0.39, 0.29) is 22.3 Å². The van der Waals surface area contributed by atoms with Gasteiger partial charge in [0.05, 0.1) is 0 Å². The number of rotatable bonds is 6. The smallest absolute Gasteiger partial charge is 0.169 e. The predicted molar refractivity (Wildman–Crippen MR) is 183 cm³/mol. The summed E-state index contributed by atoms with van der Waals surface area (Å²) in [6, 6.07) is 20.8. The van der Waals surface area contributed by atoms with Gasteiger partial charge in [0.2, 0.25) is 0 Å². The second-order valence-electron chi connectivity index (χ2n) is 13.3. The van der Waals surface area contributed by atoms with Gasteiger partial charge in [0.25, 0.3) is 0 Å². The third-order valence-electron chi connectivity index (χ3n) is 10.1. The van der Waals surface area contributed by atoms with Gasteiger partial charge in [-0.3, -0.25) is 0 Å². The van der Waals surface area contributed by atoms with Crippen LogP contribution in [0.1, 0.15) is 86.5 Å². The lowest BCUT2D eigenvalue weighted by Crippen LogP contribution is -2.55. The highest BCUT2D eigenvalue weighted by atomic mass is 79.9. The van der Waals surface area contributed by atoms with Gasteiger partial charge in [0.1, 0.15) is 46.7 Å². The van der Waals surface area contributed by atoms with Crippen molar-refractivity contribution in [1.82, 2.24) is 0 Å². The van der Waals surface area contributed by atoms with Crippen LogP contribution in [-0.4, -0.2) is 33.0 Å². The van der Waals surface area contributed by atoms with Gasteiger partial charge in [-0.2, -0.15) is 0 Å². The zero-order valence-corrected chi connectivity index (χ0v) is 28.7. The van der Waals surface area contributed by atoms with Crippen LogP contribution >= 0.6 is 15.9 Å². The number of aliphatic hydroxyl groups is 2. The first-order valence-corrected chi connectivity index (χ1v) is 17.9. The summed E-state index contributed by atoms with van der Waals surface area (Å²) >= 11 is 3.59. The van der Waals surface area contributed by atoms with Gasteiger partial charge >= 0.3 is 0 Å². The molecular formula is C40H41BrF4O4. The van der Waals surface area contributed by atoms with Crippen LogP contribution in [0.15, 0.2) is 97.1 Å². The number of benzene rings is 4. The zero-order chi connectivity index (χ0) is 34.6. The van der Waals surface area contributed by atoms with E-state index in [1.807, 2.05) is 0 Å². The average molecular weight is 742 g/mol. The maximum Gasteiger partial charge on any atom is 0.169 e. The topological polar surface area (TPSA) is 58.9 Å². The highest BCUT2D eigenvalue weighted by Gasteiger charge is 2.63. The average Bonchev–Trinajstić information content (AvgIpc) is 3.49. The monoisotopic (exact) mass is 740 g/mol. The standard InChI is InChI=1S/C34H30F4O4.C6H11Br/c35-26-12-4-22(5-13-26)33(39,23-6-14-27(36)15-7-23)30-31(42-32(41-30)20-2-1-3-21-32)34(40,24-8-16-28(37)17-9-24)25-10-18-29(38)19-11-25;7-6-4-2-1-3-5-6/h4-19,30-31,39-40H,1-3,20-21H2;6H,1-5H2/t30-,31-;/m0./s1. The van der Waals surface area contributed by atoms with Crippen LogP contribution in [0.2, 0.25) is 0 Å². The summed E-state index contributed by atoms with van der Waals surface area (Å²) in [5.41, 5.74) is -3.27. The number of hydrogen-bond donors (Lipinski definition) is 2. The molecule has 0 unspecified atom stereocenters. The first kappa shape index (κ1) is 35.7. The van der Waals surface area contributed by atoms with E-state index < -0.39 is 52.5 Å². The fourth-order valence-corrected chi connectivity index (χ4v) is 8.06. The lowest BCUT2D eigenvalue weighted by molar-refractivity contribution is -0.213. The van der Waals surface area contributed by atoms with E-state index in [1.54, 1.807) is 0 Å². The molecule has 0 radical (unpaired) electrons. The summed E-state index contributed by atoms with van der Waals surface area (Å²) < 4.78 is 69.7. The Kier molecular flexibility index (Phi) is 11.0. The van der Waals surface area contributed by atoms with Gasteiger partial charge in [-0.15, -0.1) is 0 Å². The zero-order valence-electron chi connectivity index (χ0n) is 27.1. The molecule has 9 heteroatoms. The molecule has 1 spiro atoms. The van der Waals surface area contributed by atoms with Crippen molar-refractivity contribution in [3.05, 3.63) is 143 Å². The van der Waals surface area contributed by atoms with E-state index in [2.05, 4.69) is 15.9 Å². The highest BCUT2D eigenvalue weighted by Crippen LogP contribution is 2.53.